The van der Waals surface area contributed by atoms with Gasteiger partial charge in [-0.3, -0.25) is 4.79 Å². The van der Waals surface area contributed by atoms with Crippen LogP contribution in [0.4, 0.5) is 18.9 Å². The topological polar surface area (TPSA) is 47.6 Å². The number of carbonyl (C=O) groups is 1. The van der Waals surface area contributed by atoms with Crippen molar-refractivity contribution < 1.29 is 27.4 Å². The molecule has 0 atom stereocenters. The summed E-state index contributed by atoms with van der Waals surface area (Å²) in [7, 11) is 2.67. The van der Waals surface area contributed by atoms with E-state index in [4.69, 9.17) is 9.47 Å². The average Bonchev–Trinajstić information content (AvgIpc) is 2.33. The second-order valence-corrected chi connectivity index (χ2v) is 4.82. The number of hydrogen-bond acceptors (Lipinski definition) is 3. The maximum atomic E-state index is 12.3. The molecule has 0 aliphatic rings. The summed E-state index contributed by atoms with van der Waals surface area (Å²) in [4.78, 5) is 11.0. The molecule has 106 valence electrons. The number of benzene rings is 1. The highest BCUT2D eigenvalue weighted by molar-refractivity contribution is 9.11. The molecule has 0 saturated heterocycles. The summed E-state index contributed by atoms with van der Waals surface area (Å²) in [6, 6.07) is 1.46. The van der Waals surface area contributed by atoms with Gasteiger partial charge in [-0.1, -0.05) is 0 Å². The van der Waals surface area contributed by atoms with E-state index in [1.54, 1.807) is 5.32 Å². The van der Waals surface area contributed by atoms with Crippen molar-refractivity contribution in [2.24, 2.45) is 0 Å². The monoisotopic (exact) mass is 405 g/mol. The minimum Gasteiger partial charge on any atom is -0.495 e. The molecule has 0 saturated carbocycles. The zero-order valence-electron chi connectivity index (χ0n) is 9.69. The van der Waals surface area contributed by atoms with E-state index in [0.29, 0.717) is 0 Å². The lowest BCUT2D eigenvalue weighted by molar-refractivity contribution is -0.167. The molecule has 1 amide bonds. The lowest BCUT2D eigenvalue weighted by Crippen LogP contribution is -2.30. The van der Waals surface area contributed by atoms with E-state index in [1.807, 2.05) is 0 Å². The number of amides is 1. The van der Waals surface area contributed by atoms with Crippen LogP contribution in [0.25, 0.3) is 0 Å². The zero-order valence-corrected chi connectivity index (χ0v) is 12.9. The van der Waals surface area contributed by atoms with Crippen molar-refractivity contribution in [1.82, 2.24) is 0 Å². The first-order valence-electron chi connectivity index (χ1n) is 4.70. The molecule has 9 heteroatoms. The average molecular weight is 407 g/mol. The normalized spacial score (nSPS) is 11.1. The van der Waals surface area contributed by atoms with Gasteiger partial charge in [0.25, 0.3) is 0 Å². The molecule has 0 fully saturated rings. The smallest absolute Gasteiger partial charge is 0.471 e. The first kappa shape index (κ1) is 16.1. The van der Waals surface area contributed by atoms with Gasteiger partial charge in [0.15, 0.2) is 0 Å². The highest BCUT2D eigenvalue weighted by atomic mass is 79.9. The number of carbonyl (C=O) groups excluding carboxylic acids is 1. The zero-order chi connectivity index (χ0) is 14.8. The first-order valence-corrected chi connectivity index (χ1v) is 6.29. The van der Waals surface area contributed by atoms with Crippen LogP contribution in [-0.2, 0) is 4.79 Å². The Bertz CT molecular complexity index is 478. The Balaban J connectivity index is 3.30. The Morgan fingerprint density at radius 1 is 1.16 bits per heavy atom. The van der Waals surface area contributed by atoms with Crippen molar-refractivity contribution in [1.29, 1.82) is 0 Å². The van der Waals surface area contributed by atoms with Gasteiger partial charge in [-0.25, -0.2) is 0 Å². The van der Waals surface area contributed by atoms with Crippen LogP contribution in [0.3, 0.4) is 0 Å². The molecule has 1 N–H and O–H groups in total. The summed E-state index contributed by atoms with van der Waals surface area (Å²) >= 11 is 6.12. The molecule has 1 aromatic carbocycles. The molecule has 0 aromatic heterocycles. The Morgan fingerprint density at radius 2 is 1.58 bits per heavy atom. The summed E-state index contributed by atoms with van der Waals surface area (Å²) in [5.74, 6) is -1.65. The molecule has 0 bridgehead atoms. The molecule has 19 heavy (non-hydrogen) atoms. The number of rotatable bonds is 3. The standard InChI is InChI=1S/C10H8Br2F3NO3/c1-18-4-3-5(19-2)7(12)8(6(4)11)16-9(17)10(13,14)15/h3H,1-2H3,(H,16,17). The van der Waals surface area contributed by atoms with E-state index in [-0.39, 0.29) is 26.1 Å². The van der Waals surface area contributed by atoms with Crippen molar-refractivity contribution in [2.45, 2.75) is 6.18 Å². The van der Waals surface area contributed by atoms with Crippen molar-refractivity contribution >= 4 is 43.5 Å². The van der Waals surface area contributed by atoms with Gasteiger partial charge in [0.05, 0.1) is 28.9 Å². The van der Waals surface area contributed by atoms with Crippen LogP contribution in [-0.4, -0.2) is 26.3 Å². The largest absolute Gasteiger partial charge is 0.495 e. The van der Waals surface area contributed by atoms with Crippen LogP contribution >= 0.6 is 31.9 Å². The van der Waals surface area contributed by atoms with Crippen molar-refractivity contribution in [3.8, 4) is 11.5 Å². The molecule has 0 radical (unpaired) electrons. The minimum absolute atomic E-state index is 0.126. The Morgan fingerprint density at radius 3 is 1.89 bits per heavy atom. The second kappa shape index (κ2) is 6.00. The van der Waals surface area contributed by atoms with Gasteiger partial charge < -0.3 is 14.8 Å². The van der Waals surface area contributed by atoms with E-state index in [2.05, 4.69) is 31.9 Å². The number of halogens is 5. The molecular weight excluding hydrogens is 399 g/mol. The molecule has 0 aliphatic carbocycles. The number of alkyl halides is 3. The van der Waals surface area contributed by atoms with Gasteiger partial charge in [-0.15, -0.1) is 0 Å². The Labute approximate surface area is 123 Å². The van der Waals surface area contributed by atoms with Gasteiger partial charge in [-0.05, 0) is 31.9 Å². The van der Waals surface area contributed by atoms with E-state index in [0.717, 1.165) is 0 Å². The third-order valence-electron chi connectivity index (χ3n) is 2.07. The quantitative estimate of drug-likeness (QED) is 0.831. The first-order chi connectivity index (χ1) is 8.72. The lowest BCUT2D eigenvalue weighted by atomic mass is 10.2. The van der Waals surface area contributed by atoms with Crippen molar-refractivity contribution in [2.75, 3.05) is 19.5 Å². The van der Waals surface area contributed by atoms with Crippen LogP contribution in [0.1, 0.15) is 0 Å². The number of anilines is 1. The van der Waals surface area contributed by atoms with Crippen LogP contribution < -0.4 is 14.8 Å². The fraction of sp³-hybridized carbons (Fsp3) is 0.300. The third kappa shape index (κ3) is 3.53. The van der Waals surface area contributed by atoms with Crippen molar-refractivity contribution in [3.63, 3.8) is 0 Å². The molecule has 0 spiro atoms. The third-order valence-corrected chi connectivity index (χ3v) is 3.64. The summed E-state index contributed by atoms with van der Waals surface area (Å²) in [6.07, 6.45) is -4.99. The fourth-order valence-electron chi connectivity index (χ4n) is 1.18. The molecule has 1 rings (SSSR count). The highest BCUT2D eigenvalue weighted by Crippen LogP contribution is 2.44. The fourth-order valence-corrected chi connectivity index (χ4v) is 2.59. The highest BCUT2D eigenvalue weighted by Gasteiger charge is 2.39. The molecule has 0 unspecified atom stereocenters. The molecule has 0 heterocycles. The maximum Gasteiger partial charge on any atom is 0.471 e. The molecule has 0 aliphatic heterocycles. The van der Waals surface area contributed by atoms with Gasteiger partial charge >= 0.3 is 12.1 Å². The number of methoxy groups -OCH3 is 2. The number of hydrogen-bond donors (Lipinski definition) is 1. The van der Waals surface area contributed by atoms with E-state index in [9.17, 15) is 18.0 Å². The predicted octanol–water partition coefficient (Wildman–Crippen LogP) is 3.73. The van der Waals surface area contributed by atoms with E-state index >= 15 is 0 Å². The van der Waals surface area contributed by atoms with Crippen LogP contribution in [0.2, 0.25) is 0 Å². The van der Waals surface area contributed by atoms with Crippen molar-refractivity contribution in [3.05, 3.63) is 15.0 Å². The summed E-state index contributed by atoms with van der Waals surface area (Å²) in [5.41, 5.74) is -0.126. The molecule has 4 nitrogen and oxygen atoms in total. The van der Waals surface area contributed by atoms with Gasteiger partial charge in [0.1, 0.15) is 11.5 Å². The minimum atomic E-state index is -4.99. The van der Waals surface area contributed by atoms with Gasteiger partial charge in [-0.2, -0.15) is 13.2 Å². The summed E-state index contributed by atoms with van der Waals surface area (Å²) in [5, 5.41) is 1.75. The van der Waals surface area contributed by atoms with Gasteiger partial charge in [0, 0.05) is 6.07 Å². The van der Waals surface area contributed by atoms with E-state index in [1.165, 1.54) is 20.3 Å². The molecule has 1 aromatic rings. The van der Waals surface area contributed by atoms with Gasteiger partial charge in [0.2, 0.25) is 0 Å². The summed E-state index contributed by atoms with van der Waals surface area (Å²) < 4.78 is 47.0. The predicted molar refractivity (Wildman–Crippen MR) is 69.6 cm³/mol. The van der Waals surface area contributed by atoms with Crippen LogP contribution in [0.5, 0.6) is 11.5 Å². The Hall–Kier alpha value is -0.960. The second-order valence-electron chi connectivity index (χ2n) is 3.24. The maximum absolute atomic E-state index is 12.3. The van der Waals surface area contributed by atoms with Crippen LogP contribution in [0, 0.1) is 0 Å². The van der Waals surface area contributed by atoms with Crippen LogP contribution in [0.15, 0.2) is 15.0 Å². The molecular formula is C10H8Br2F3NO3. The van der Waals surface area contributed by atoms with E-state index < -0.39 is 12.1 Å². The summed E-state index contributed by atoms with van der Waals surface area (Å²) in [6.45, 7) is 0. The SMILES string of the molecule is COc1cc(OC)c(Br)c(NC(=O)C(F)(F)F)c1Br. The number of nitrogens with one attached hydrogen (secondary N) is 1. The number of ether oxygens (including phenoxy) is 2. The Kier molecular flexibility index (Phi) is 5.08. The lowest BCUT2D eigenvalue weighted by Gasteiger charge is -2.16.